The summed E-state index contributed by atoms with van der Waals surface area (Å²) in [5.74, 6) is -1.30. The van der Waals surface area contributed by atoms with Gasteiger partial charge in [-0.3, -0.25) is 0 Å². The molecule has 0 radical (unpaired) electrons. The molecule has 20 heavy (non-hydrogen) atoms. The van der Waals surface area contributed by atoms with Crippen molar-refractivity contribution >= 4 is 34.9 Å². The Kier molecular flexibility index (Phi) is 4.47. The summed E-state index contributed by atoms with van der Waals surface area (Å²) in [6.07, 6.45) is 0. The van der Waals surface area contributed by atoms with Gasteiger partial charge >= 0.3 is 5.97 Å². The van der Waals surface area contributed by atoms with E-state index in [2.05, 4.69) is 0 Å². The molecule has 6 heteroatoms. The van der Waals surface area contributed by atoms with Crippen LogP contribution in [0.2, 0.25) is 10.0 Å². The maximum atomic E-state index is 13.2. The number of ether oxygens (including phenoxy) is 1. The van der Waals surface area contributed by atoms with E-state index in [1.807, 2.05) is 0 Å². The second-order valence-electron chi connectivity index (χ2n) is 4.06. The first-order valence-corrected chi connectivity index (χ1v) is 6.39. The minimum absolute atomic E-state index is 0.0156. The molecule has 0 aliphatic carbocycles. The van der Waals surface area contributed by atoms with Gasteiger partial charge in [-0.1, -0.05) is 29.3 Å². The molecule has 104 valence electrons. The molecule has 0 aromatic heterocycles. The lowest BCUT2D eigenvalue weighted by molar-refractivity contribution is 0.0472. The van der Waals surface area contributed by atoms with Crippen molar-refractivity contribution in [3.8, 4) is 0 Å². The highest BCUT2D eigenvalue weighted by molar-refractivity contribution is 6.42. The highest BCUT2D eigenvalue weighted by atomic mass is 35.5. The fourth-order valence-electron chi connectivity index (χ4n) is 1.52. The first-order chi connectivity index (χ1) is 9.47. The van der Waals surface area contributed by atoms with Crippen LogP contribution in [0.3, 0.4) is 0 Å². The van der Waals surface area contributed by atoms with Crippen molar-refractivity contribution in [1.29, 1.82) is 0 Å². The second kappa shape index (κ2) is 6.11. The number of carbonyl (C=O) groups is 1. The molecule has 0 aliphatic heterocycles. The molecule has 0 heterocycles. The summed E-state index contributed by atoms with van der Waals surface area (Å²) >= 11 is 11.6. The van der Waals surface area contributed by atoms with Crippen LogP contribution in [0, 0.1) is 5.82 Å². The van der Waals surface area contributed by atoms with Crippen LogP contribution in [-0.4, -0.2) is 5.97 Å². The van der Waals surface area contributed by atoms with E-state index >= 15 is 0 Å². The molecule has 2 rings (SSSR count). The molecule has 0 fully saturated rings. The molecule has 0 saturated carbocycles. The number of hydrogen-bond acceptors (Lipinski definition) is 3. The van der Waals surface area contributed by atoms with Gasteiger partial charge in [0, 0.05) is 0 Å². The van der Waals surface area contributed by atoms with Crippen LogP contribution < -0.4 is 5.73 Å². The molecule has 0 saturated heterocycles. The van der Waals surface area contributed by atoms with Crippen molar-refractivity contribution in [2.75, 3.05) is 5.73 Å². The quantitative estimate of drug-likeness (QED) is 0.686. The van der Waals surface area contributed by atoms with Gasteiger partial charge in [-0.25, -0.2) is 9.18 Å². The average molecular weight is 314 g/mol. The topological polar surface area (TPSA) is 52.3 Å². The SMILES string of the molecule is Nc1ccc(C(=O)OCc2ccc(Cl)c(Cl)c2)cc1F. The van der Waals surface area contributed by atoms with Crippen LogP contribution in [0.4, 0.5) is 10.1 Å². The maximum Gasteiger partial charge on any atom is 0.338 e. The molecule has 2 N–H and O–H groups in total. The number of nitrogens with two attached hydrogens (primary N) is 1. The molecule has 2 aromatic carbocycles. The van der Waals surface area contributed by atoms with Gasteiger partial charge in [-0.2, -0.15) is 0 Å². The Morgan fingerprint density at radius 3 is 2.55 bits per heavy atom. The van der Waals surface area contributed by atoms with E-state index in [0.717, 1.165) is 6.07 Å². The first kappa shape index (κ1) is 14.6. The third kappa shape index (κ3) is 3.40. The van der Waals surface area contributed by atoms with Crippen molar-refractivity contribution in [3.05, 3.63) is 63.4 Å². The van der Waals surface area contributed by atoms with Gasteiger partial charge in [-0.15, -0.1) is 0 Å². The van der Waals surface area contributed by atoms with E-state index in [-0.39, 0.29) is 17.9 Å². The number of anilines is 1. The maximum absolute atomic E-state index is 13.2. The summed E-state index contributed by atoms with van der Waals surface area (Å²) < 4.78 is 18.3. The summed E-state index contributed by atoms with van der Waals surface area (Å²) in [6, 6.07) is 8.63. The van der Waals surface area contributed by atoms with E-state index < -0.39 is 11.8 Å². The Labute approximate surface area is 125 Å². The minimum Gasteiger partial charge on any atom is -0.457 e. The predicted octanol–water partition coefficient (Wildman–Crippen LogP) is 4.07. The Bertz CT molecular complexity index is 662. The van der Waals surface area contributed by atoms with Crippen LogP contribution >= 0.6 is 23.2 Å². The normalized spacial score (nSPS) is 10.3. The van der Waals surface area contributed by atoms with E-state index in [1.54, 1.807) is 18.2 Å². The Hall–Kier alpha value is -1.78. The molecule has 3 nitrogen and oxygen atoms in total. The Balaban J connectivity index is 2.04. The lowest BCUT2D eigenvalue weighted by Gasteiger charge is -2.06. The first-order valence-electron chi connectivity index (χ1n) is 5.63. The molecular weight excluding hydrogens is 304 g/mol. The number of hydrogen-bond donors (Lipinski definition) is 1. The Morgan fingerprint density at radius 2 is 1.90 bits per heavy atom. The molecular formula is C14H10Cl2FNO2. The predicted molar refractivity (Wildman–Crippen MR) is 76.4 cm³/mol. The molecule has 0 unspecified atom stereocenters. The van der Waals surface area contributed by atoms with Crippen molar-refractivity contribution < 1.29 is 13.9 Å². The highest BCUT2D eigenvalue weighted by Crippen LogP contribution is 2.23. The van der Waals surface area contributed by atoms with Crippen LogP contribution in [0.25, 0.3) is 0 Å². The minimum atomic E-state index is -0.658. The van der Waals surface area contributed by atoms with Crippen molar-refractivity contribution in [2.24, 2.45) is 0 Å². The third-order valence-electron chi connectivity index (χ3n) is 2.59. The number of halogens is 3. The van der Waals surface area contributed by atoms with E-state index in [9.17, 15) is 9.18 Å². The van der Waals surface area contributed by atoms with Gasteiger partial charge in [-0.05, 0) is 35.9 Å². The number of benzene rings is 2. The molecule has 0 aliphatic rings. The molecule has 0 bridgehead atoms. The molecule has 2 aromatic rings. The lowest BCUT2D eigenvalue weighted by atomic mass is 10.2. The third-order valence-corrected chi connectivity index (χ3v) is 3.33. The summed E-state index contributed by atoms with van der Waals surface area (Å²) in [7, 11) is 0. The van der Waals surface area contributed by atoms with Crippen LogP contribution in [-0.2, 0) is 11.3 Å². The van der Waals surface area contributed by atoms with E-state index in [1.165, 1.54) is 12.1 Å². The van der Waals surface area contributed by atoms with Gasteiger partial charge in [0.05, 0.1) is 21.3 Å². The molecule has 0 spiro atoms. The van der Waals surface area contributed by atoms with Crippen molar-refractivity contribution in [1.82, 2.24) is 0 Å². The summed E-state index contributed by atoms with van der Waals surface area (Å²) in [4.78, 5) is 11.7. The van der Waals surface area contributed by atoms with Crippen molar-refractivity contribution in [3.63, 3.8) is 0 Å². The van der Waals surface area contributed by atoms with Gasteiger partial charge in [0.15, 0.2) is 0 Å². The zero-order valence-corrected chi connectivity index (χ0v) is 11.7. The largest absolute Gasteiger partial charge is 0.457 e. The van der Waals surface area contributed by atoms with Gasteiger partial charge in [0.1, 0.15) is 12.4 Å². The van der Waals surface area contributed by atoms with Crippen LogP contribution in [0.1, 0.15) is 15.9 Å². The zero-order valence-electron chi connectivity index (χ0n) is 10.2. The average Bonchev–Trinajstić information content (AvgIpc) is 2.43. The molecule has 0 amide bonds. The Morgan fingerprint density at radius 1 is 1.15 bits per heavy atom. The summed E-state index contributed by atoms with van der Waals surface area (Å²) in [5.41, 5.74) is 6.09. The second-order valence-corrected chi connectivity index (χ2v) is 4.88. The van der Waals surface area contributed by atoms with Crippen LogP contribution in [0.5, 0.6) is 0 Å². The summed E-state index contributed by atoms with van der Waals surface area (Å²) in [5, 5.41) is 0.793. The summed E-state index contributed by atoms with van der Waals surface area (Å²) in [6.45, 7) is 0.0156. The number of rotatable bonds is 3. The number of nitrogen functional groups attached to an aromatic ring is 1. The van der Waals surface area contributed by atoms with E-state index in [4.69, 9.17) is 33.7 Å². The fourth-order valence-corrected chi connectivity index (χ4v) is 1.84. The van der Waals surface area contributed by atoms with Crippen molar-refractivity contribution in [2.45, 2.75) is 6.61 Å². The molecule has 0 atom stereocenters. The zero-order chi connectivity index (χ0) is 14.7. The smallest absolute Gasteiger partial charge is 0.338 e. The number of carbonyl (C=O) groups excluding carboxylic acids is 1. The van der Waals surface area contributed by atoms with Crippen LogP contribution in [0.15, 0.2) is 36.4 Å². The van der Waals surface area contributed by atoms with Gasteiger partial charge < -0.3 is 10.5 Å². The van der Waals surface area contributed by atoms with Gasteiger partial charge in [0.2, 0.25) is 0 Å². The fraction of sp³-hybridized carbons (Fsp3) is 0.0714. The van der Waals surface area contributed by atoms with Gasteiger partial charge in [0.25, 0.3) is 0 Å². The standard InChI is InChI=1S/C14H10Cl2FNO2/c15-10-3-1-8(5-11(10)16)7-20-14(19)9-2-4-13(18)12(17)6-9/h1-6H,7,18H2. The highest BCUT2D eigenvalue weighted by Gasteiger charge is 2.10. The monoisotopic (exact) mass is 313 g/mol. The lowest BCUT2D eigenvalue weighted by Crippen LogP contribution is -2.06. The number of esters is 1. The van der Waals surface area contributed by atoms with E-state index in [0.29, 0.717) is 15.6 Å².